The Balaban J connectivity index is 2.30. The van der Waals surface area contributed by atoms with E-state index in [-0.39, 0.29) is 5.91 Å². The van der Waals surface area contributed by atoms with Crippen molar-refractivity contribution in [1.82, 2.24) is 14.7 Å². The van der Waals surface area contributed by atoms with Crippen LogP contribution in [0, 0.1) is 13.8 Å². The summed E-state index contributed by atoms with van der Waals surface area (Å²) in [6.45, 7) is 13.6. The summed E-state index contributed by atoms with van der Waals surface area (Å²) < 4.78 is 1.91. The maximum atomic E-state index is 12.9. The zero-order chi connectivity index (χ0) is 17.0. The van der Waals surface area contributed by atoms with Gasteiger partial charge in [0.15, 0.2) is 0 Å². The van der Waals surface area contributed by atoms with E-state index in [0.29, 0.717) is 25.2 Å². The van der Waals surface area contributed by atoms with Crippen molar-refractivity contribution in [3.63, 3.8) is 0 Å². The standard InChI is InChI=1S/C19H25N3O/c1-6-21(12-14(2)3)19(23)18-15(4)20-22(16(18)5)13-17-10-8-7-9-11-17/h7-11H,2,6,12-13H2,1,3-5H3. The lowest BCUT2D eigenvalue weighted by Gasteiger charge is -2.21. The molecule has 0 aliphatic rings. The molecule has 0 atom stereocenters. The highest BCUT2D eigenvalue weighted by Crippen LogP contribution is 2.17. The van der Waals surface area contributed by atoms with Crippen molar-refractivity contribution in [3.05, 3.63) is 65.0 Å². The van der Waals surface area contributed by atoms with Crippen LogP contribution in [0.3, 0.4) is 0 Å². The Bertz CT molecular complexity index is 701. The van der Waals surface area contributed by atoms with E-state index in [1.54, 1.807) is 0 Å². The van der Waals surface area contributed by atoms with Crippen molar-refractivity contribution in [1.29, 1.82) is 0 Å². The van der Waals surface area contributed by atoms with E-state index in [1.165, 1.54) is 5.56 Å². The fraction of sp³-hybridized carbons (Fsp3) is 0.368. The molecule has 2 aromatic rings. The van der Waals surface area contributed by atoms with Crippen molar-refractivity contribution in [2.45, 2.75) is 34.2 Å². The summed E-state index contributed by atoms with van der Waals surface area (Å²) in [5, 5.41) is 4.57. The number of aryl methyl sites for hydroxylation is 1. The van der Waals surface area contributed by atoms with Gasteiger partial charge in [-0.15, -0.1) is 0 Å². The average molecular weight is 311 g/mol. The molecular weight excluding hydrogens is 286 g/mol. The molecule has 122 valence electrons. The van der Waals surface area contributed by atoms with Gasteiger partial charge >= 0.3 is 0 Å². The van der Waals surface area contributed by atoms with Crippen LogP contribution < -0.4 is 0 Å². The minimum Gasteiger partial charge on any atom is -0.335 e. The fourth-order valence-corrected chi connectivity index (χ4v) is 2.73. The highest BCUT2D eigenvalue weighted by molar-refractivity contribution is 5.96. The Labute approximate surface area is 138 Å². The summed E-state index contributed by atoms with van der Waals surface area (Å²) in [6, 6.07) is 10.2. The molecule has 2 rings (SSSR count). The van der Waals surface area contributed by atoms with Gasteiger partial charge in [-0.3, -0.25) is 9.48 Å². The minimum atomic E-state index is 0.0322. The largest absolute Gasteiger partial charge is 0.335 e. The van der Waals surface area contributed by atoms with Gasteiger partial charge in [0, 0.05) is 18.8 Å². The molecule has 0 saturated carbocycles. The Morgan fingerprint density at radius 1 is 1.26 bits per heavy atom. The normalized spacial score (nSPS) is 10.6. The molecule has 4 nitrogen and oxygen atoms in total. The first-order chi connectivity index (χ1) is 10.9. The van der Waals surface area contributed by atoms with E-state index in [9.17, 15) is 4.79 Å². The van der Waals surface area contributed by atoms with E-state index >= 15 is 0 Å². The third-order valence-corrected chi connectivity index (χ3v) is 3.90. The smallest absolute Gasteiger partial charge is 0.257 e. The van der Waals surface area contributed by atoms with E-state index in [1.807, 2.05) is 55.5 Å². The summed E-state index contributed by atoms with van der Waals surface area (Å²) >= 11 is 0. The summed E-state index contributed by atoms with van der Waals surface area (Å²) in [5.41, 5.74) is 4.56. The van der Waals surface area contributed by atoms with Crippen molar-refractivity contribution in [2.75, 3.05) is 13.1 Å². The molecule has 1 aromatic carbocycles. The molecule has 4 heteroatoms. The zero-order valence-corrected chi connectivity index (χ0v) is 14.5. The van der Waals surface area contributed by atoms with Crippen LogP contribution in [0.15, 0.2) is 42.5 Å². The van der Waals surface area contributed by atoms with Crippen molar-refractivity contribution in [3.8, 4) is 0 Å². The number of carbonyl (C=O) groups is 1. The first-order valence-electron chi connectivity index (χ1n) is 7.95. The molecule has 23 heavy (non-hydrogen) atoms. The third kappa shape index (κ3) is 3.89. The number of carbonyl (C=O) groups excluding carboxylic acids is 1. The van der Waals surface area contributed by atoms with Gasteiger partial charge in [0.1, 0.15) is 0 Å². The number of hydrogen-bond acceptors (Lipinski definition) is 2. The molecule has 0 aliphatic carbocycles. The fourth-order valence-electron chi connectivity index (χ4n) is 2.73. The molecule has 0 spiro atoms. The van der Waals surface area contributed by atoms with Gasteiger partial charge in [0.05, 0.1) is 17.8 Å². The molecule has 0 unspecified atom stereocenters. The molecule has 1 amide bonds. The van der Waals surface area contributed by atoms with Crippen LogP contribution in [0.1, 0.15) is 41.2 Å². The molecule has 0 saturated heterocycles. The highest BCUT2D eigenvalue weighted by Gasteiger charge is 2.23. The van der Waals surface area contributed by atoms with Gasteiger partial charge in [-0.2, -0.15) is 5.10 Å². The van der Waals surface area contributed by atoms with E-state index < -0.39 is 0 Å². The number of amides is 1. The molecule has 0 N–H and O–H groups in total. The van der Waals surface area contributed by atoms with Crippen LogP contribution in [0.4, 0.5) is 0 Å². The monoisotopic (exact) mass is 311 g/mol. The van der Waals surface area contributed by atoms with Crippen LogP contribution in [-0.4, -0.2) is 33.7 Å². The molecule has 0 bridgehead atoms. The maximum absolute atomic E-state index is 12.9. The average Bonchev–Trinajstić information content (AvgIpc) is 2.79. The van der Waals surface area contributed by atoms with Gasteiger partial charge in [-0.1, -0.05) is 42.5 Å². The number of rotatable bonds is 6. The van der Waals surface area contributed by atoms with Gasteiger partial charge in [-0.05, 0) is 33.3 Å². The Hall–Kier alpha value is -2.36. The van der Waals surface area contributed by atoms with Crippen molar-refractivity contribution < 1.29 is 4.79 Å². The van der Waals surface area contributed by atoms with Gasteiger partial charge < -0.3 is 4.90 Å². The lowest BCUT2D eigenvalue weighted by Crippen LogP contribution is -2.32. The maximum Gasteiger partial charge on any atom is 0.257 e. The first-order valence-corrected chi connectivity index (χ1v) is 7.95. The Morgan fingerprint density at radius 3 is 2.48 bits per heavy atom. The topological polar surface area (TPSA) is 38.1 Å². The van der Waals surface area contributed by atoms with Gasteiger partial charge in [0.2, 0.25) is 0 Å². The lowest BCUT2D eigenvalue weighted by molar-refractivity contribution is 0.0776. The summed E-state index contributed by atoms with van der Waals surface area (Å²) in [4.78, 5) is 14.7. The number of benzene rings is 1. The van der Waals surface area contributed by atoms with Gasteiger partial charge in [0.25, 0.3) is 5.91 Å². The number of aromatic nitrogens is 2. The Morgan fingerprint density at radius 2 is 1.91 bits per heavy atom. The highest BCUT2D eigenvalue weighted by atomic mass is 16.2. The third-order valence-electron chi connectivity index (χ3n) is 3.90. The minimum absolute atomic E-state index is 0.0322. The predicted molar refractivity (Wildman–Crippen MR) is 93.6 cm³/mol. The van der Waals surface area contributed by atoms with E-state index in [2.05, 4.69) is 23.8 Å². The van der Waals surface area contributed by atoms with Crippen LogP contribution >= 0.6 is 0 Å². The first kappa shape index (κ1) is 17.0. The quantitative estimate of drug-likeness (QED) is 0.765. The van der Waals surface area contributed by atoms with Gasteiger partial charge in [-0.25, -0.2) is 0 Å². The second-order valence-corrected chi connectivity index (χ2v) is 5.97. The summed E-state index contributed by atoms with van der Waals surface area (Å²) in [5.74, 6) is 0.0322. The predicted octanol–water partition coefficient (Wildman–Crippen LogP) is 3.59. The number of hydrogen-bond donors (Lipinski definition) is 0. The molecule has 0 fully saturated rings. The van der Waals surface area contributed by atoms with Crippen LogP contribution in [0.25, 0.3) is 0 Å². The van der Waals surface area contributed by atoms with E-state index in [0.717, 1.165) is 17.0 Å². The molecular formula is C19H25N3O. The Kier molecular flexibility index (Phi) is 5.37. The molecule has 0 radical (unpaired) electrons. The SMILES string of the molecule is C=C(C)CN(CC)C(=O)c1c(C)nn(Cc2ccccc2)c1C. The van der Waals surface area contributed by atoms with Crippen LogP contribution in [0.2, 0.25) is 0 Å². The second kappa shape index (κ2) is 7.27. The molecule has 1 heterocycles. The van der Waals surface area contributed by atoms with Crippen molar-refractivity contribution >= 4 is 5.91 Å². The second-order valence-electron chi connectivity index (χ2n) is 5.97. The molecule has 1 aromatic heterocycles. The van der Waals surface area contributed by atoms with Crippen LogP contribution in [0.5, 0.6) is 0 Å². The number of likely N-dealkylation sites (N-methyl/N-ethyl adjacent to an activating group) is 1. The molecule has 0 aliphatic heterocycles. The van der Waals surface area contributed by atoms with Crippen LogP contribution in [-0.2, 0) is 6.54 Å². The number of nitrogens with zero attached hydrogens (tertiary/aromatic N) is 3. The summed E-state index contributed by atoms with van der Waals surface area (Å²) in [6.07, 6.45) is 0. The van der Waals surface area contributed by atoms with Crippen molar-refractivity contribution in [2.24, 2.45) is 0 Å². The van der Waals surface area contributed by atoms with E-state index in [4.69, 9.17) is 0 Å². The summed E-state index contributed by atoms with van der Waals surface area (Å²) in [7, 11) is 0. The zero-order valence-electron chi connectivity index (χ0n) is 14.5. The lowest BCUT2D eigenvalue weighted by atomic mass is 10.1.